The van der Waals surface area contributed by atoms with Gasteiger partial charge < -0.3 is 14.2 Å². The molecule has 2 unspecified atom stereocenters. The summed E-state index contributed by atoms with van der Waals surface area (Å²) in [6, 6.07) is 11.5. The van der Waals surface area contributed by atoms with E-state index in [0.717, 1.165) is 22.6 Å². The van der Waals surface area contributed by atoms with Crippen molar-refractivity contribution in [2.24, 2.45) is 0 Å². The molecule has 0 bridgehead atoms. The van der Waals surface area contributed by atoms with Crippen LogP contribution >= 0.6 is 23.4 Å². The number of benzene rings is 2. The van der Waals surface area contributed by atoms with Crippen LogP contribution < -0.4 is 9.47 Å². The van der Waals surface area contributed by atoms with Crippen molar-refractivity contribution in [1.82, 2.24) is 14.8 Å². The van der Waals surface area contributed by atoms with Crippen molar-refractivity contribution in [1.29, 1.82) is 0 Å². The monoisotopic (exact) mass is 459 g/mol. The van der Waals surface area contributed by atoms with Gasteiger partial charge in [-0.15, -0.1) is 22.0 Å². The van der Waals surface area contributed by atoms with Gasteiger partial charge in [0.1, 0.15) is 5.82 Å². The number of hydrogen-bond donors (Lipinski definition) is 0. The van der Waals surface area contributed by atoms with Gasteiger partial charge in [0.15, 0.2) is 17.3 Å². The van der Waals surface area contributed by atoms with E-state index in [1.807, 2.05) is 47.9 Å². The number of aromatic nitrogens is 3. The van der Waals surface area contributed by atoms with Crippen LogP contribution in [0.15, 0.2) is 36.4 Å². The van der Waals surface area contributed by atoms with E-state index in [-0.39, 0.29) is 22.9 Å². The lowest BCUT2D eigenvalue weighted by Gasteiger charge is -2.23. The number of fused-ring (bicyclic) bond motifs is 3. The number of nitrogens with zero attached hydrogens (tertiary/aromatic N) is 3. The lowest BCUT2D eigenvalue weighted by atomic mass is 10.0. The van der Waals surface area contributed by atoms with Gasteiger partial charge in [0.2, 0.25) is 0 Å². The molecule has 0 aliphatic carbocycles. The minimum atomic E-state index is -0.315. The van der Waals surface area contributed by atoms with Gasteiger partial charge in [-0.3, -0.25) is 9.36 Å². The molecule has 0 N–H and O–H groups in total. The van der Waals surface area contributed by atoms with Gasteiger partial charge in [0.05, 0.1) is 43.9 Å². The molecule has 1 aliphatic rings. The SMILES string of the molecule is COC(=O)CC1SC(c2cccc(OC)c2OC)c2cc(Cl)ccc2-n2c(C)nnc21. The molecule has 1 aliphatic heterocycles. The Kier molecular flexibility index (Phi) is 6.11. The van der Waals surface area contributed by atoms with Crippen molar-refractivity contribution in [2.75, 3.05) is 21.3 Å². The fraction of sp³-hybridized carbons (Fsp3) is 0.318. The van der Waals surface area contributed by atoms with Gasteiger partial charge >= 0.3 is 5.97 Å². The molecule has 2 atom stereocenters. The molecule has 0 amide bonds. The summed E-state index contributed by atoms with van der Waals surface area (Å²) in [7, 11) is 4.61. The highest BCUT2D eigenvalue weighted by atomic mass is 35.5. The maximum Gasteiger partial charge on any atom is 0.307 e. The highest BCUT2D eigenvalue weighted by Crippen LogP contribution is 2.53. The first-order valence-corrected chi connectivity index (χ1v) is 11.0. The molecule has 1 aromatic heterocycles. The van der Waals surface area contributed by atoms with Gasteiger partial charge in [0.25, 0.3) is 0 Å². The van der Waals surface area contributed by atoms with Crippen molar-refractivity contribution in [3.05, 3.63) is 64.2 Å². The Balaban J connectivity index is 1.97. The van der Waals surface area contributed by atoms with Gasteiger partial charge in [-0.25, -0.2) is 0 Å². The van der Waals surface area contributed by atoms with Gasteiger partial charge in [-0.2, -0.15) is 0 Å². The molecule has 7 nitrogen and oxygen atoms in total. The third-order valence-electron chi connectivity index (χ3n) is 5.25. The highest BCUT2D eigenvalue weighted by molar-refractivity contribution is 8.00. The van der Waals surface area contributed by atoms with E-state index in [9.17, 15) is 4.79 Å². The van der Waals surface area contributed by atoms with Crippen molar-refractivity contribution in [3.63, 3.8) is 0 Å². The molecule has 0 spiro atoms. The van der Waals surface area contributed by atoms with Crippen LogP contribution in [0.4, 0.5) is 0 Å². The fourth-order valence-electron chi connectivity index (χ4n) is 3.86. The van der Waals surface area contributed by atoms with E-state index in [1.165, 1.54) is 7.11 Å². The minimum Gasteiger partial charge on any atom is -0.493 e. The van der Waals surface area contributed by atoms with Crippen LogP contribution in [0, 0.1) is 6.92 Å². The van der Waals surface area contributed by atoms with Gasteiger partial charge in [-0.1, -0.05) is 23.7 Å². The number of ether oxygens (including phenoxy) is 3. The molecule has 3 aromatic rings. The molecule has 0 saturated carbocycles. The number of para-hydroxylation sites is 1. The average Bonchev–Trinajstić information content (AvgIpc) is 3.10. The third-order valence-corrected chi connectivity index (χ3v) is 6.97. The lowest BCUT2D eigenvalue weighted by Crippen LogP contribution is -2.11. The molecule has 0 fully saturated rings. The van der Waals surface area contributed by atoms with Gasteiger partial charge in [0, 0.05) is 10.6 Å². The Hall–Kier alpha value is -2.71. The second-order valence-corrected chi connectivity index (χ2v) is 8.76. The number of carbonyl (C=O) groups excluding carboxylic acids is 1. The summed E-state index contributed by atoms with van der Waals surface area (Å²) in [5.74, 6) is 2.38. The molecule has 9 heteroatoms. The first kappa shape index (κ1) is 21.5. The Morgan fingerprint density at radius 2 is 1.94 bits per heavy atom. The molecule has 2 heterocycles. The summed E-state index contributed by atoms with van der Waals surface area (Å²) in [5, 5.41) is 8.80. The Labute approximate surface area is 189 Å². The standard InChI is InChI=1S/C22H22ClN3O4S/c1-12-24-25-22-18(11-19(27)29-3)31-21(14-6-5-7-17(28-2)20(14)30-4)15-10-13(23)8-9-16(15)26(12)22/h5-10,18,21H,11H2,1-4H3. The molecule has 0 saturated heterocycles. The number of esters is 1. The molecular formula is C22H22ClN3O4S. The zero-order chi connectivity index (χ0) is 22.1. The van der Waals surface area contributed by atoms with Gasteiger partial charge in [-0.05, 0) is 36.8 Å². The van der Waals surface area contributed by atoms with E-state index >= 15 is 0 Å². The largest absolute Gasteiger partial charge is 0.493 e. The lowest BCUT2D eigenvalue weighted by molar-refractivity contribution is -0.140. The maximum atomic E-state index is 12.2. The van der Waals surface area contributed by atoms with E-state index < -0.39 is 0 Å². The maximum absolute atomic E-state index is 12.2. The zero-order valence-corrected chi connectivity index (χ0v) is 19.2. The third kappa shape index (κ3) is 3.85. The van der Waals surface area contributed by atoms with Crippen LogP contribution in [-0.2, 0) is 9.53 Å². The number of thioether (sulfide) groups is 1. The summed E-state index contributed by atoms with van der Waals surface area (Å²) in [6.07, 6.45) is 0.157. The number of carbonyl (C=O) groups is 1. The normalized spacial score (nSPS) is 17.3. The Morgan fingerprint density at radius 1 is 1.13 bits per heavy atom. The van der Waals surface area contributed by atoms with Crippen molar-refractivity contribution in [2.45, 2.75) is 23.8 Å². The van der Waals surface area contributed by atoms with E-state index in [4.69, 9.17) is 25.8 Å². The summed E-state index contributed by atoms with van der Waals surface area (Å²) in [5.41, 5.74) is 2.80. The second kappa shape index (κ2) is 8.80. The Bertz CT molecular complexity index is 1130. The van der Waals surface area contributed by atoms with E-state index in [1.54, 1.807) is 26.0 Å². The quantitative estimate of drug-likeness (QED) is 0.512. The molecule has 162 valence electrons. The average molecular weight is 460 g/mol. The molecular weight excluding hydrogens is 438 g/mol. The summed E-state index contributed by atoms with van der Waals surface area (Å²) < 4.78 is 18.2. The van der Waals surface area contributed by atoms with E-state index in [0.29, 0.717) is 22.3 Å². The predicted molar refractivity (Wildman–Crippen MR) is 119 cm³/mol. The van der Waals surface area contributed by atoms with Crippen molar-refractivity contribution >= 4 is 29.3 Å². The first-order valence-electron chi connectivity index (χ1n) is 9.63. The molecule has 2 aromatic carbocycles. The smallest absolute Gasteiger partial charge is 0.307 e. The Morgan fingerprint density at radius 3 is 2.65 bits per heavy atom. The summed E-state index contributed by atoms with van der Waals surface area (Å²) in [4.78, 5) is 12.2. The topological polar surface area (TPSA) is 75.5 Å². The fourth-order valence-corrected chi connectivity index (χ4v) is 5.54. The second-order valence-electron chi connectivity index (χ2n) is 7.01. The van der Waals surface area contributed by atoms with Crippen LogP contribution in [0.3, 0.4) is 0 Å². The molecule has 0 radical (unpaired) electrons. The zero-order valence-electron chi connectivity index (χ0n) is 17.6. The van der Waals surface area contributed by atoms with Crippen LogP contribution in [0.5, 0.6) is 11.5 Å². The van der Waals surface area contributed by atoms with E-state index in [2.05, 4.69) is 10.2 Å². The highest BCUT2D eigenvalue weighted by Gasteiger charge is 2.36. The number of methoxy groups -OCH3 is 3. The summed E-state index contributed by atoms with van der Waals surface area (Å²) >= 11 is 8.01. The predicted octanol–water partition coefficient (Wildman–Crippen LogP) is 4.69. The van der Waals surface area contributed by atoms with Crippen LogP contribution in [-0.4, -0.2) is 42.1 Å². The number of halogens is 1. The van der Waals surface area contributed by atoms with Crippen LogP contribution in [0.2, 0.25) is 5.02 Å². The van der Waals surface area contributed by atoms with Crippen LogP contribution in [0.25, 0.3) is 5.69 Å². The minimum absolute atomic E-state index is 0.157. The molecule has 31 heavy (non-hydrogen) atoms. The molecule has 4 rings (SSSR count). The van der Waals surface area contributed by atoms with Crippen LogP contribution in [0.1, 0.15) is 39.7 Å². The first-order chi connectivity index (χ1) is 15.0. The number of aryl methyl sites for hydroxylation is 1. The summed E-state index contributed by atoms with van der Waals surface area (Å²) in [6.45, 7) is 1.89. The number of rotatable bonds is 5. The van der Waals surface area contributed by atoms with Crippen molar-refractivity contribution < 1.29 is 19.0 Å². The van der Waals surface area contributed by atoms with Crippen molar-refractivity contribution in [3.8, 4) is 17.2 Å². The number of hydrogen-bond acceptors (Lipinski definition) is 7.